The second-order valence-corrected chi connectivity index (χ2v) is 7.34. The van der Waals surface area contributed by atoms with Crippen molar-refractivity contribution in [3.63, 3.8) is 0 Å². The molecule has 148 valence electrons. The maximum Gasteiger partial charge on any atom is 0.113 e. The molecule has 2 aliphatic rings. The molecule has 0 bridgehead atoms. The predicted octanol–water partition coefficient (Wildman–Crippen LogP) is -3.03. The molecular formula is C16H30O9. The molecule has 4 unspecified atom stereocenters. The summed E-state index contributed by atoms with van der Waals surface area (Å²) in [6, 6.07) is 0. The van der Waals surface area contributed by atoms with Crippen molar-refractivity contribution < 1.29 is 45.2 Å². The molecule has 0 amide bonds. The molecule has 0 aromatic carbocycles. The van der Waals surface area contributed by atoms with Crippen molar-refractivity contribution in [3.8, 4) is 0 Å². The minimum Gasteiger partial charge on any atom is -0.396 e. The van der Waals surface area contributed by atoms with Gasteiger partial charge >= 0.3 is 0 Å². The maximum atomic E-state index is 10.4. The first kappa shape index (κ1) is 20.9. The third kappa shape index (κ3) is 4.15. The SMILES string of the molecule is CC(C)C1O[C@@H](CO)C(O)[C@H](O)[C@H]1O[C@H]1C[C@H](CO)[C@@H](O)C(O)C1O. The Morgan fingerprint density at radius 2 is 1.52 bits per heavy atom. The van der Waals surface area contributed by atoms with Gasteiger partial charge in [0, 0.05) is 12.5 Å². The van der Waals surface area contributed by atoms with Crippen LogP contribution in [-0.4, -0.2) is 104 Å². The van der Waals surface area contributed by atoms with Gasteiger partial charge in [-0.25, -0.2) is 0 Å². The van der Waals surface area contributed by atoms with E-state index in [2.05, 4.69) is 0 Å². The number of hydrogen-bond donors (Lipinski definition) is 7. The first-order valence-electron chi connectivity index (χ1n) is 8.65. The fourth-order valence-electron chi connectivity index (χ4n) is 3.61. The maximum absolute atomic E-state index is 10.4. The second-order valence-electron chi connectivity index (χ2n) is 7.34. The van der Waals surface area contributed by atoms with Crippen molar-refractivity contribution in [3.05, 3.63) is 0 Å². The van der Waals surface area contributed by atoms with Gasteiger partial charge in [-0.1, -0.05) is 13.8 Å². The van der Waals surface area contributed by atoms with Crippen LogP contribution >= 0.6 is 0 Å². The van der Waals surface area contributed by atoms with Crippen molar-refractivity contribution in [2.45, 2.75) is 75.2 Å². The molecule has 9 heteroatoms. The average Bonchev–Trinajstić information content (AvgIpc) is 2.59. The van der Waals surface area contributed by atoms with E-state index in [1.54, 1.807) is 0 Å². The molecule has 1 aliphatic carbocycles. The van der Waals surface area contributed by atoms with Crippen molar-refractivity contribution >= 4 is 0 Å². The van der Waals surface area contributed by atoms with Crippen LogP contribution < -0.4 is 0 Å². The zero-order valence-corrected chi connectivity index (χ0v) is 14.4. The number of aliphatic hydroxyl groups is 7. The molecule has 2 fully saturated rings. The van der Waals surface area contributed by atoms with E-state index in [-0.39, 0.29) is 12.3 Å². The van der Waals surface area contributed by atoms with E-state index in [0.29, 0.717) is 0 Å². The fourth-order valence-corrected chi connectivity index (χ4v) is 3.61. The largest absolute Gasteiger partial charge is 0.396 e. The van der Waals surface area contributed by atoms with E-state index in [0.717, 1.165) is 0 Å². The van der Waals surface area contributed by atoms with E-state index in [1.807, 2.05) is 13.8 Å². The van der Waals surface area contributed by atoms with E-state index >= 15 is 0 Å². The van der Waals surface area contributed by atoms with Crippen molar-refractivity contribution in [1.82, 2.24) is 0 Å². The zero-order valence-electron chi connectivity index (χ0n) is 14.4. The normalized spacial score (nSPS) is 48.7. The number of ether oxygens (including phenoxy) is 2. The van der Waals surface area contributed by atoms with Crippen LogP contribution in [0.3, 0.4) is 0 Å². The molecule has 0 spiro atoms. The molecule has 0 aromatic heterocycles. The van der Waals surface area contributed by atoms with Gasteiger partial charge in [0.1, 0.15) is 36.6 Å². The summed E-state index contributed by atoms with van der Waals surface area (Å²) in [6.07, 6.45) is -10.4. The molecule has 0 aromatic rings. The Labute approximate surface area is 146 Å². The standard InChI is InChI=1S/C16H30O9/c1-6(2)15-16(14(23)12(21)9(5-18)25-15)24-8-3-7(4-17)10(19)13(22)11(8)20/h6-23H,3-5H2,1-2H3/t7-,8+,9+,10-,11?,12?,13?,14+,15?,16-/m1/s1. The van der Waals surface area contributed by atoms with Gasteiger partial charge in [0.05, 0.1) is 24.9 Å². The lowest BCUT2D eigenvalue weighted by atomic mass is 9.80. The summed E-state index contributed by atoms with van der Waals surface area (Å²) < 4.78 is 11.4. The predicted molar refractivity (Wildman–Crippen MR) is 84.5 cm³/mol. The molecule has 9 nitrogen and oxygen atoms in total. The summed E-state index contributed by atoms with van der Waals surface area (Å²) in [6.45, 7) is 2.80. The quantitative estimate of drug-likeness (QED) is 0.268. The second kappa shape index (κ2) is 8.55. The molecule has 1 saturated heterocycles. The molecule has 25 heavy (non-hydrogen) atoms. The molecule has 1 saturated carbocycles. The van der Waals surface area contributed by atoms with Gasteiger partial charge in [-0.2, -0.15) is 0 Å². The molecule has 10 atom stereocenters. The summed E-state index contributed by atoms with van der Waals surface area (Å²) in [7, 11) is 0. The van der Waals surface area contributed by atoms with Crippen LogP contribution in [-0.2, 0) is 9.47 Å². The minimum absolute atomic E-state index is 0.0729. The number of aliphatic hydroxyl groups excluding tert-OH is 7. The van der Waals surface area contributed by atoms with Gasteiger partial charge < -0.3 is 45.2 Å². The molecular weight excluding hydrogens is 336 g/mol. The van der Waals surface area contributed by atoms with E-state index in [4.69, 9.17) is 9.47 Å². The minimum atomic E-state index is -1.50. The highest BCUT2D eigenvalue weighted by molar-refractivity contribution is 4.98. The summed E-state index contributed by atoms with van der Waals surface area (Å²) >= 11 is 0. The van der Waals surface area contributed by atoms with Crippen LogP contribution in [0.5, 0.6) is 0 Å². The topological polar surface area (TPSA) is 160 Å². The lowest BCUT2D eigenvalue weighted by molar-refractivity contribution is -0.278. The molecule has 7 N–H and O–H groups in total. The van der Waals surface area contributed by atoms with Crippen LogP contribution in [0.15, 0.2) is 0 Å². The fraction of sp³-hybridized carbons (Fsp3) is 1.00. The van der Waals surface area contributed by atoms with Crippen molar-refractivity contribution in [2.24, 2.45) is 11.8 Å². The molecule has 1 aliphatic heterocycles. The highest BCUT2D eigenvalue weighted by Gasteiger charge is 2.50. The van der Waals surface area contributed by atoms with E-state index < -0.39 is 74.1 Å². The smallest absolute Gasteiger partial charge is 0.113 e. The third-order valence-corrected chi connectivity index (χ3v) is 5.23. The van der Waals surface area contributed by atoms with Gasteiger partial charge in [0.2, 0.25) is 0 Å². The van der Waals surface area contributed by atoms with E-state index in [1.165, 1.54) is 0 Å². The summed E-state index contributed by atoms with van der Waals surface area (Å²) in [5, 5.41) is 69.1. The lowest BCUT2D eigenvalue weighted by Gasteiger charge is -2.47. The van der Waals surface area contributed by atoms with Gasteiger partial charge in [-0.3, -0.25) is 0 Å². The first-order chi connectivity index (χ1) is 11.7. The van der Waals surface area contributed by atoms with Crippen LogP contribution in [0.1, 0.15) is 20.3 Å². The van der Waals surface area contributed by atoms with Gasteiger partial charge in [-0.15, -0.1) is 0 Å². The van der Waals surface area contributed by atoms with Crippen LogP contribution in [0, 0.1) is 11.8 Å². The third-order valence-electron chi connectivity index (χ3n) is 5.23. The van der Waals surface area contributed by atoms with E-state index in [9.17, 15) is 35.7 Å². The zero-order chi connectivity index (χ0) is 18.9. The average molecular weight is 366 g/mol. The van der Waals surface area contributed by atoms with Crippen LogP contribution in [0.4, 0.5) is 0 Å². The van der Waals surface area contributed by atoms with Gasteiger partial charge in [0.25, 0.3) is 0 Å². The highest BCUT2D eigenvalue weighted by atomic mass is 16.6. The first-order valence-corrected chi connectivity index (χ1v) is 8.65. The Bertz CT molecular complexity index is 418. The summed E-state index contributed by atoms with van der Waals surface area (Å²) in [5.74, 6) is -0.802. The van der Waals surface area contributed by atoms with Crippen molar-refractivity contribution in [1.29, 1.82) is 0 Å². The highest BCUT2D eigenvalue weighted by Crippen LogP contribution is 2.33. The lowest BCUT2D eigenvalue weighted by Crippen LogP contribution is -2.63. The Morgan fingerprint density at radius 1 is 0.880 bits per heavy atom. The monoisotopic (exact) mass is 366 g/mol. The molecule has 1 heterocycles. The summed E-state index contributed by atoms with van der Waals surface area (Å²) in [4.78, 5) is 0. The number of rotatable bonds is 5. The van der Waals surface area contributed by atoms with Crippen molar-refractivity contribution in [2.75, 3.05) is 13.2 Å². The Balaban J connectivity index is 2.17. The summed E-state index contributed by atoms with van der Waals surface area (Å²) in [5.41, 5.74) is 0. The number of hydrogen-bond acceptors (Lipinski definition) is 9. The Morgan fingerprint density at radius 3 is 2.04 bits per heavy atom. The van der Waals surface area contributed by atoms with Gasteiger partial charge in [0.15, 0.2) is 0 Å². The molecule has 2 rings (SSSR count). The van der Waals surface area contributed by atoms with Gasteiger partial charge in [-0.05, 0) is 12.3 Å². The molecule has 0 radical (unpaired) electrons. The Kier molecular flexibility index (Phi) is 7.17. The van der Waals surface area contributed by atoms with Crippen LogP contribution in [0.2, 0.25) is 0 Å². The Hall–Kier alpha value is -0.360. The van der Waals surface area contributed by atoms with Crippen LogP contribution in [0.25, 0.3) is 0 Å².